The van der Waals surface area contributed by atoms with Crippen LogP contribution in [0.5, 0.6) is 11.5 Å². The van der Waals surface area contributed by atoms with Crippen LogP contribution in [0.3, 0.4) is 0 Å². The van der Waals surface area contributed by atoms with E-state index >= 15 is 0 Å². The van der Waals surface area contributed by atoms with Crippen molar-refractivity contribution >= 4 is 34.4 Å². The molecule has 0 aromatic heterocycles. The van der Waals surface area contributed by atoms with E-state index in [2.05, 4.69) is 0 Å². The number of hydrogen-bond donors (Lipinski definition) is 0. The molecule has 0 unspecified atom stereocenters. The number of carbonyl (C=O) groups is 2. The van der Waals surface area contributed by atoms with Crippen molar-refractivity contribution in [2.45, 2.75) is 6.42 Å². The number of rotatable bonds is 5. The summed E-state index contributed by atoms with van der Waals surface area (Å²) in [7, 11) is 2.86. The van der Waals surface area contributed by atoms with Gasteiger partial charge in [0.2, 0.25) is 0 Å². The predicted octanol–water partition coefficient (Wildman–Crippen LogP) is 3.15. The number of imide groups is 1. The highest BCUT2D eigenvalue weighted by molar-refractivity contribution is 14.1. The normalized spacial score (nSPS) is 17.4. The van der Waals surface area contributed by atoms with Crippen LogP contribution in [0, 0.1) is 3.57 Å². The van der Waals surface area contributed by atoms with Crippen LogP contribution in [0.15, 0.2) is 36.3 Å². The molecule has 5 nitrogen and oxygen atoms in total. The smallest absolute Gasteiger partial charge is 0.261 e. The lowest BCUT2D eigenvalue weighted by Crippen LogP contribution is -2.31. The van der Waals surface area contributed by atoms with Crippen LogP contribution in [0.2, 0.25) is 0 Å². The summed E-state index contributed by atoms with van der Waals surface area (Å²) in [4.78, 5) is 26.1. The van der Waals surface area contributed by atoms with Crippen LogP contribution >= 0.6 is 22.6 Å². The number of ether oxygens (including phenoxy) is 2. The maximum absolute atomic E-state index is 12.9. The van der Waals surface area contributed by atoms with Gasteiger partial charge < -0.3 is 9.47 Å². The number of benzene rings is 2. The molecule has 3 rings (SSSR count). The summed E-state index contributed by atoms with van der Waals surface area (Å²) in [5, 5.41) is 0. The van der Waals surface area contributed by atoms with Crippen molar-refractivity contribution in [1.29, 1.82) is 0 Å². The zero-order valence-electron chi connectivity index (χ0n) is 18.8. The number of nitrogens with zero attached hydrogens (tertiary/aromatic N) is 1. The van der Waals surface area contributed by atoms with E-state index in [-0.39, 0.29) is 0 Å². The topological polar surface area (TPSA) is 55.8 Å². The number of fused-ring (bicyclic) bond motifs is 1. The Kier molecular flexibility index (Phi) is 3.03. The average Bonchev–Trinajstić information content (AvgIpc) is 2.96. The van der Waals surface area contributed by atoms with E-state index in [1.807, 2.05) is 22.6 Å². The van der Waals surface area contributed by atoms with Gasteiger partial charge in [-0.2, -0.15) is 0 Å². The molecule has 0 radical (unpaired) electrons. The molecule has 2 aromatic carbocycles. The second-order valence-corrected chi connectivity index (χ2v) is 5.99. The number of amides is 2. The molecular formula is C18H16INO4. The van der Waals surface area contributed by atoms with Crippen LogP contribution in [-0.4, -0.2) is 37.4 Å². The number of aryl methyl sites for hydroxylation is 1. The first-order valence-corrected chi connectivity index (χ1v) is 7.93. The Morgan fingerprint density at radius 1 is 1.08 bits per heavy atom. The largest absolute Gasteiger partial charge is 0.496 e. The minimum Gasteiger partial charge on any atom is -0.496 e. The van der Waals surface area contributed by atoms with Gasteiger partial charge in [0.1, 0.15) is 11.5 Å². The summed E-state index contributed by atoms with van der Waals surface area (Å²) >= 11 is 2.03. The molecule has 1 aliphatic heterocycles. The molecule has 124 valence electrons. The first kappa shape index (κ1) is 10.7. The lowest BCUT2D eigenvalue weighted by molar-refractivity contribution is 0.0656. The molecule has 6 heteroatoms. The van der Waals surface area contributed by atoms with Gasteiger partial charge in [-0.25, -0.2) is 0 Å². The van der Waals surface area contributed by atoms with E-state index in [1.54, 1.807) is 12.1 Å². The summed E-state index contributed by atoms with van der Waals surface area (Å²) in [5.41, 5.74) is -0.708. The Balaban J connectivity index is 2.08. The number of carbonyl (C=O) groups excluding carboxylic acids is 2. The van der Waals surface area contributed by atoms with Crippen LogP contribution < -0.4 is 9.47 Å². The van der Waals surface area contributed by atoms with Gasteiger partial charge in [0.25, 0.3) is 11.8 Å². The van der Waals surface area contributed by atoms with Gasteiger partial charge in [-0.1, -0.05) is 12.1 Å². The van der Waals surface area contributed by atoms with Crippen LogP contribution in [-0.2, 0) is 6.42 Å². The van der Waals surface area contributed by atoms with Crippen molar-refractivity contribution in [3.63, 3.8) is 0 Å². The Hall–Kier alpha value is -2.09. The van der Waals surface area contributed by atoms with Gasteiger partial charge >= 0.3 is 0 Å². The monoisotopic (exact) mass is 443 g/mol. The Morgan fingerprint density at radius 2 is 1.67 bits per heavy atom. The van der Waals surface area contributed by atoms with Crippen LogP contribution in [0.25, 0.3) is 0 Å². The standard InChI is InChI=1S/C18H16INO4/c1-23-15-10-14(19)16(24-2)9-11(15)7-8-20-17(21)12-5-3-4-6-13(12)18(20)22/h3-6,9-10H,7-8H2,1-2H3/i3D,4D,5D,6D,8D2. The Morgan fingerprint density at radius 3 is 2.21 bits per heavy atom. The molecule has 0 saturated carbocycles. The molecule has 0 aliphatic carbocycles. The van der Waals surface area contributed by atoms with Crippen LogP contribution in [0.4, 0.5) is 0 Å². The number of halogens is 1. The summed E-state index contributed by atoms with van der Waals surface area (Å²) in [5.74, 6) is -1.42. The number of methoxy groups -OCH3 is 2. The van der Waals surface area contributed by atoms with Gasteiger partial charge in [-0.15, -0.1) is 0 Å². The summed E-state index contributed by atoms with van der Waals surface area (Å²) in [6, 6.07) is 0.521. The molecule has 0 spiro atoms. The van der Waals surface area contributed by atoms with Crippen molar-refractivity contribution in [3.8, 4) is 11.5 Å². The molecule has 24 heavy (non-hydrogen) atoms. The van der Waals surface area contributed by atoms with Gasteiger partial charge in [0.15, 0.2) is 0 Å². The second-order valence-electron chi connectivity index (χ2n) is 4.83. The minimum absolute atomic E-state index is 0.338. The highest BCUT2D eigenvalue weighted by Gasteiger charge is 2.34. The fourth-order valence-electron chi connectivity index (χ4n) is 2.32. The molecule has 0 bridgehead atoms. The van der Waals surface area contributed by atoms with Gasteiger partial charge in [-0.3, -0.25) is 14.5 Å². The number of hydrogen-bond acceptors (Lipinski definition) is 4. The maximum atomic E-state index is 12.9. The molecule has 0 fully saturated rings. The highest BCUT2D eigenvalue weighted by atomic mass is 127. The SMILES string of the molecule is [2H]c1c([2H])c([2H])c2c(c1[2H])C(=O)N(C([2H])([2H])Cc1cc(OC)c(I)cc1OC)C2=O. The first-order chi connectivity index (χ1) is 14.0. The van der Waals surface area contributed by atoms with E-state index in [0.29, 0.717) is 22.0 Å². The predicted molar refractivity (Wildman–Crippen MR) is 97.8 cm³/mol. The van der Waals surface area contributed by atoms with Crippen molar-refractivity contribution in [2.75, 3.05) is 20.7 Å². The molecule has 2 aromatic rings. The Labute approximate surface area is 162 Å². The lowest BCUT2D eigenvalue weighted by Gasteiger charge is -2.16. The molecule has 0 atom stereocenters. The molecule has 2 amide bonds. The zero-order valence-corrected chi connectivity index (χ0v) is 15.0. The average molecular weight is 443 g/mol. The van der Waals surface area contributed by atoms with Gasteiger partial charge in [-0.05, 0) is 58.8 Å². The van der Waals surface area contributed by atoms with E-state index in [1.165, 1.54) is 14.2 Å². The summed E-state index contributed by atoms with van der Waals surface area (Å²) < 4.78 is 59.5. The molecule has 1 heterocycles. The Bertz CT molecular complexity index is 1040. The van der Waals surface area contributed by atoms with E-state index < -0.39 is 60.0 Å². The first-order valence-electron chi connectivity index (χ1n) is 9.85. The molecule has 0 N–H and O–H groups in total. The molecule has 0 saturated heterocycles. The molecule has 1 aliphatic rings. The zero-order chi connectivity index (χ0) is 22.5. The van der Waals surface area contributed by atoms with Crippen molar-refractivity contribution in [2.24, 2.45) is 0 Å². The third-order valence-electron chi connectivity index (χ3n) is 3.50. The van der Waals surface area contributed by atoms with Gasteiger partial charge in [0, 0.05) is 6.50 Å². The summed E-state index contributed by atoms with van der Waals surface area (Å²) in [6.07, 6.45) is -0.433. The highest BCUT2D eigenvalue weighted by Crippen LogP contribution is 2.31. The lowest BCUT2D eigenvalue weighted by atomic mass is 10.1. The quantitative estimate of drug-likeness (QED) is 0.527. The van der Waals surface area contributed by atoms with Crippen molar-refractivity contribution in [1.82, 2.24) is 4.90 Å². The fraction of sp³-hybridized carbons (Fsp3) is 0.222. The van der Waals surface area contributed by atoms with Gasteiger partial charge in [0.05, 0.1) is 37.1 Å². The third kappa shape index (κ3) is 2.86. The van der Waals surface area contributed by atoms with Crippen molar-refractivity contribution < 1.29 is 27.3 Å². The summed E-state index contributed by atoms with van der Waals surface area (Å²) in [6.45, 7) is -2.54. The minimum atomic E-state index is -2.54. The fourth-order valence-corrected chi connectivity index (χ4v) is 2.98. The van der Waals surface area contributed by atoms with E-state index in [9.17, 15) is 9.59 Å². The second kappa shape index (κ2) is 6.80. The van der Waals surface area contributed by atoms with E-state index in [4.69, 9.17) is 17.7 Å². The van der Waals surface area contributed by atoms with E-state index in [0.717, 1.165) is 3.57 Å². The van der Waals surface area contributed by atoms with Crippen LogP contribution in [0.1, 0.15) is 34.5 Å². The third-order valence-corrected chi connectivity index (χ3v) is 4.35. The maximum Gasteiger partial charge on any atom is 0.261 e. The van der Waals surface area contributed by atoms with Crippen molar-refractivity contribution in [3.05, 3.63) is 56.6 Å². The molecular weight excluding hydrogens is 421 g/mol.